The summed E-state index contributed by atoms with van der Waals surface area (Å²) in [6.45, 7) is 4.32. The molecule has 3 atom stereocenters. The molecule has 0 unspecified atom stereocenters. The summed E-state index contributed by atoms with van der Waals surface area (Å²) in [4.78, 5) is 0. The van der Waals surface area contributed by atoms with Crippen LogP contribution in [0.25, 0.3) is 0 Å². The van der Waals surface area contributed by atoms with E-state index in [2.05, 4.69) is 13.8 Å². The van der Waals surface area contributed by atoms with Crippen LogP contribution in [0.2, 0.25) is 0 Å². The number of nitrogens with two attached hydrogens (primary N) is 1. The summed E-state index contributed by atoms with van der Waals surface area (Å²) in [5.41, 5.74) is 5.57. The van der Waals surface area contributed by atoms with Crippen molar-refractivity contribution in [1.82, 2.24) is 0 Å². The molecular formula is C9H18FN. The Morgan fingerprint density at radius 2 is 2.00 bits per heavy atom. The third kappa shape index (κ3) is 2.16. The third-order valence-corrected chi connectivity index (χ3v) is 2.81. The largest absolute Gasteiger partial charge is 0.325 e. The van der Waals surface area contributed by atoms with Gasteiger partial charge in [-0.2, -0.15) is 0 Å². The highest BCUT2D eigenvalue weighted by molar-refractivity contribution is 4.83. The van der Waals surface area contributed by atoms with E-state index >= 15 is 0 Å². The van der Waals surface area contributed by atoms with Crippen molar-refractivity contribution in [3.05, 3.63) is 0 Å². The highest BCUT2D eigenvalue weighted by atomic mass is 19.1. The van der Waals surface area contributed by atoms with Crippen LogP contribution in [0.5, 0.6) is 0 Å². The molecule has 0 aliphatic heterocycles. The van der Waals surface area contributed by atoms with Crippen molar-refractivity contribution >= 4 is 0 Å². The SMILES string of the molecule is CC(C)[C@@H]1CC[C@H](N)[C@@H](F)C1. The maximum atomic E-state index is 13.1. The van der Waals surface area contributed by atoms with Gasteiger partial charge >= 0.3 is 0 Å². The monoisotopic (exact) mass is 159 g/mol. The van der Waals surface area contributed by atoms with Gasteiger partial charge in [-0.15, -0.1) is 0 Å². The van der Waals surface area contributed by atoms with Crippen LogP contribution >= 0.6 is 0 Å². The van der Waals surface area contributed by atoms with Crippen LogP contribution in [-0.2, 0) is 0 Å². The van der Waals surface area contributed by atoms with E-state index < -0.39 is 6.17 Å². The Morgan fingerprint density at radius 1 is 1.36 bits per heavy atom. The molecule has 1 aliphatic carbocycles. The lowest BCUT2D eigenvalue weighted by Gasteiger charge is -2.31. The molecule has 1 fully saturated rings. The zero-order valence-corrected chi connectivity index (χ0v) is 7.39. The zero-order chi connectivity index (χ0) is 8.43. The van der Waals surface area contributed by atoms with Crippen LogP contribution in [0.15, 0.2) is 0 Å². The molecular weight excluding hydrogens is 141 g/mol. The van der Waals surface area contributed by atoms with Crippen LogP contribution in [0.1, 0.15) is 33.1 Å². The Morgan fingerprint density at radius 3 is 2.45 bits per heavy atom. The number of hydrogen-bond donors (Lipinski definition) is 1. The number of halogens is 1. The van der Waals surface area contributed by atoms with Gasteiger partial charge in [0.15, 0.2) is 0 Å². The normalized spacial score (nSPS) is 39.5. The quantitative estimate of drug-likeness (QED) is 0.623. The second kappa shape index (κ2) is 3.53. The van der Waals surface area contributed by atoms with E-state index in [1.165, 1.54) is 0 Å². The highest BCUT2D eigenvalue weighted by Crippen LogP contribution is 2.30. The van der Waals surface area contributed by atoms with Gasteiger partial charge in [0.1, 0.15) is 6.17 Å². The maximum absolute atomic E-state index is 13.1. The van der Waals surface area contributed by atoms with Crippen molar-refractivity contribution in [2.75, 3.05) is 0 Å². The van der Waals surface area contributed by atoms with E-state index in [9.17, 15) is 4.39 Å². The van der Waals surface area contributed by atoms with Crippen molar-refractivity contribution in [2.24, 2.45) is 17.6 Å². The second-order valence-corrected chi connectivity index (χ2v) is 4.00. The van der Waals surface area contributed by atoms with Crippen molar-refractivity contribution in [3.63, 3.8) is 0 Å². The first kappa shape index (κ1) is 8.98. The lowest BCUT2D eigenvalue weighted by Crippen LogP contribution is -2.38. The molecule has 0 bridgehead atoms. The fourth-order valence-corrected chi connectivity index (χ4v) is 1.77. The van der Waals surface area contributed by atoms with Gasteiger partial charge in [-0.05, 0) is 31.1 Å². The molecule has 1 aliphatic rings. The number of rotatable bonds is 1. The predicted octanol–water partition coefficient (Wildman–Crippen LogP) is 2.11. The summed E-state index contributed by atoms with van der Waals surface area (Å²) in [6.07, 6.45) is 1.90. The van der Waals surface area contributed by atoms with Crippen LogP contribution in [-0.4, -0.2) is 12.2 Å². The fraction of sp³-hybridized carbons (Fsp3) is 1.00. The lowest BCUT2D eigenvalue weighted by molar-refractivity contribution is 0.144. The first-order valence-corrected chi connectivity index (χ1v) is 4.51. The summed E-state index contributed by atoms with van der Waals surface area (Å²) in [7, 11) is 0. The molecule has 0 spiro atoms. The molecule has 0 aromatic carbocycles. The maximum Gasteiger partial charge on any atom is 0.115 e. The minimum absolute atomic E-state index is 0.190. The summed E-state index contributed by atoms with van der Waals surface area (Å²) >= 11 is 0. The lowest BCUT2D eigenvalue weighted by atomic mass is 9.79. The summed E-state index contributed by atoms with van der Waals surface area (Å²) in [5.74, 6) is 1.17. The molecule has 1 nitrogen and oxygen atoms in total. The minimum atomic E-state index is -0.754. The summed E-state index contributed by atoms with van der Waals surface area (Å²) < 4.78 is 13.1. The number of hydrogen-bond acceptors (Lipinski definition) is 1. The molecule has 0 saturated heterocycles. The molecule has 2 heteroatoms. The highest BCUT2D eigenvalue weighted by Gasteiger charge is 2.29. The van der Waals surface area contributed by atoms with Gasteiger partial charge in [0, 0.05) is 6.04 Å². The molecule has 1 rings (SSSR count). The first-order valence-electron chi connectivity index (χ1n) is 4.51. The first-order chi connectivity index (χ1) is 5.11. The van der Waals surface area contributed by atoms with Gasteiger partial charge in [0.25, 0.3) is 0 Å². The molecule has 1 saturated carbocycles. The van der Waals surface area contributed by atoms with Crippen LogP contribution < -0.4 is 5.73 Å². The van der Waals surface area contributed by atoms with Gasteiger partial charge in [0.05, 0.1) is 0 Å². The van der Waals surface area contributed by atoms with E-state index in [0.29, 0.717) is 18.3 Å². The Bertz CT molecular complexity index is 125. The standard InChI is InChI=1S/C9H18FN/c1-6(2)7-3-4-9(11)8(10)5-7/h6-9H,3-5,11H2,1-2H3/t7-,8+,9+/m1/s1. The van der Waals surface area contributed by atoms with E-state index in [1.54, 1.807) is 0 Å². The van der Waals surface area contributed by atoms with Crippen molar-refractivity contribution in [3.8, 4) is 0 Å². The zero-order valence-electron chi connectivity index (χ0n) is 7.39. The van der Waals surface area contributed by atoms with Gasteiger partial charge in [-0.3, -0.25) is 0 Å². The van der Waals surface area contributed by atoms with Crippen LogP contribution in [0.4, 0.5) is 4.39 Å². The average Bonchev–Trinajstić information content (AvgIpc) is 1.94. The molecule has 0 amide bonds. The molecule has 0 radical (unpaired) electrons. The van der Waals surface area contributed by atoms with Gasteiger partial charge in [-0.25, -0.2) is 4.39 Å². The fourth-order valence-electron chi connectivity index (χ4n) is 1.77. The smallest absolute Gasteiger partial charge is 0.115 e. The van der Waals surface area contributed by atoms with E-state index in [1.807, 2.05) is 0 Å². The molecule has 0 heterocycles. The average molecular weight is 159 g/mol. The van der Waals surface area contributed by atoms with Gasteiger partial charge in [-0.1, -0.05) is 13.8 Å². The van der Waals surface area contributed by atoms with Crippen LogP contribution in [0, 0.1) is 11.8 Å². The molecule has 2 N–H and O–H groups in total. The Balaban J connectivity index is 2.40. The molecule has 0 aromatic rings. The van der Waals surface area contributed by atoms with E-state index in [0.717, 1.165) is 12.8 Å². The Hall–Kier alpha value is -0.110. The predicted molar refractivity (Wildman–Crippen MR) is 45.1 cm³/mol. The second-order valence-electron chi connectivity index (χ2n) is 4.00. The Labute approximate surface area is 68.2 Å². The van der Waals surface area contributed by atoms with E-state index in [4.69, 9.17) is 5.73 Å². The Kier molecular flexibility index (Phi) is 2.88. The molecule has 11 heavy (non-hydrogen) atoms. The molecule has 66 valence electrons. The van der Waals surface area contributed by atoms with Crippen LogP contribution in [0.3, 0.4) is 0 Å². The van der Waals surface area contributed by atoms with Crippen molar-refractivity contribution in [2.45, 2.75) is 45.3 Å². The number of alkyl halides is 1. The topological polar surface area (TPSA) is 26.0 Å². The van der Waals surface area contributed by atoms with Crippen molar-refractivity contribution in [1.29, 1.82) is 0 Å². The summed E-state index contributed by atoms with van der Waals surface area (Å²) in [5, 5.41) is 0. The van der Waals surface area contributed by atoms with Crippen molar-refractivity contribution < 1.29 is 4.39 Å². The minimum Gasteiger partial charge on any atom is -0.325 e. The summed E-state index contributed by atoms with van der Waals surface area (Å²) in [6, 6.07) is -0.190. The molecule has 0 aromatic heterocycles. The van der Waals surface area contributed by atoms with Gasteiger partial charge < -0.3 is 5.73 Å². The van der Waals surface area contributed by atoms with Gasteiger partial charge in [0.2, 0.25) is 0 Å². The third-order valence-electron chi connectivity index (χ3n) is 2.81. The van der Waals surface area contributed by atoms with E-state index in [-0.39, 0.29) is 6.04 Å².